The molecule has 0 aromatic carbocycles. The predicted molar refractivity (Wildman–Crippen MR) is 65.5 cm³/mol. The van der Waals surface area contributed by atoms with Crippen LogP contribution in [0.15, 0.2) is 0 Å². The van der Waals surface area contributed by atoms with Gasteiger partial charge in [0.1, 0.15) is 0 Å². The molecular formula is C11H21NO4S. The van der Waals surface area contributed by atoms with Crippen molar-refractivity contribution in [3.63, 3.8) is 0 Å². The van der Waals surface area contributed by atoms with E-state index in [1.807, 2.05) is 13.8 Å². The highest BCUT2D eigenvalue weighted by molar-refractivity contribution is 7.91. The number of hydrogen-bond acceptors (Lipinski definition) is 5. The summed E-state index contributed by atoms with van der Waals surface area (Å²) >= 11 is 0. The first-order valence-corrected chi connectivity index (χ1v) is 7.88. The maximum atomic E-state index is 11.6. The second-order valence-corrected chi connectivity index (χ2v) is 6.79. The Labute approximate surface area is 103 Å². The molecule has 0 bridgehead atoms. The van der Waals surface area contributed by atoms with Crippen molar-refractivity contribution in [2.45, 2.75) is 45.3 Å². The molecule has 6 heteroatoms. The van der Waals surface area contributed by atoms with E-state index in [2.05, 4.69) is 5.32 Å². The van der Waals surface area contributed by atoms with Crippen LogP contribution in [0.3, 0.4) is 0 Å². The molecule has 17 heavy (non-hydrogen) atoms. The standard InChI is InChI=1S/C11H21NO4S/c1-3-4-9(2)16-11(13)7-10-8-17(14,15)6-5-12-10/h9-10,12H,3-8H2,1-2H3. The van der Waals surface area contributed by atoms with Crippen molar-refractivity contribution in [2.24, 2.45) is 0 Å². The molecule has 2 atom stereocenters. The zero-order valence-electron chi connectivity index (χ0n) is 10.4. The summed E-state index contributed by atoms with van der Waals surface area (Å²) in [5.74, 6) is -0.129. The summed E-state index contributed by atoms with van der Waals surface area (Å²) in [7, 11) is -2.99. The molecule has 0 spiro atoms. The first kappa shape index (κ1) is 14.4. The number of carbonyl (C=O) groups is 1. The van der Waals surface area contributed by atoms with E-state index in [-0.39, 0.29) is 36.0 Å². The number of hydrogen-bond donors (Lipinski definition) is 1. The maximum Gasteiger partial charge on any atom is 0.307 e. The van der Waals surface area contributed by atoms with Crippen molar-refractivity contribution in [1.82, 2.24) is 5.32 Å². The topological polar surface area (TPSA) is 72.5 Å². The lowest BCUT2D eigenvalue weighted by molar-refractivity contribution is -0.149. The molecule has 2 unspecified atom stereocenters. The van der Waals surface area contributed by atoms with Crippen LogP contribution >= 0.6 is 0 Å². The highest BCUT2D eigenvalue weighted by atomic mass is 32.2. The van der Waals surface area contributed by atoms with Gasteiger partial charge in [0.25, 0.3) is 0 Å². The second-order valence-electron chi connectivity index (χ2n) is 4.56. The molecule has 5 nitrogen and oxygen atoms in total. The van der Waals surface area contributed by atoms with Gasteiger partial charge in [0.05, 0.1) is 24.0 Å². The summed E-state index contributed by atoms with van der Waals surface area (Å²) < 4.78 is 27.9. The lowest BCUT2D eigenvalue weighted by Crippen LogP contribution is -2.46. The van der Waals surface area contributed by atoms with E-state index in [1.54, 1.807) is 0 Å². The lowest BCUT2D eigenvalue weighted by Gasteiger charge is -2.23. The average Bonchev–Trinajstić information content (AvgIpc) is 2.15. The summed E-state index contributed by atoms with van der Waals surface area (Å²) in [5.41, 5.74) is 0. The quantitative estimate of drug-likeness (QED) is 0.731. The molecule has 0 aliphatic carbocycles. The molecule has 1 fully saturated rings. The van der Waals surface area contributed by atoms with Crippen LogP contribution in [0.4, 0.5) is 0 Å². The van der Waals surface area contributed by atoms with Crippen molar-refractivity contribution in [1.29, 1.82) is 0 Å². The number of sulfone groups is 1. The summed E-state index contributed by atoms with van der Waals surface area (Å²) in [4.78, 5) is 11.6. The minimum Gasteiger partial charge on any atom is -0.463 e. The van der Waals surface area contributed by atoms with Crippen LogP contribution in [-0.2, 0) is 19.4 Å². The Morgan fingerprint density at radius 1 is 1.53 bits per heavy atom. The third-order valence-corrected chi connectivity index (χ3v) is 4.48. The van der Waals surface area contributed by atoms with Gasteiger partial charge in [-0.25, -0.2) is 8.42 Å². The van der Waals surface area contributed by atoms with Crippen molar-refractivity contribution < 1.29 is 17.9 Å². The van der Waals surface area contributed by atoms with E-state index in [9.17, 15) is 13.2 Å². The molecule has 1 aliphatic rings. The number of nitrogens with one attached hydrogen (secondary N) is 1. The molecule has 1 rings (SSSR count). The van der Waals surface area contributed by atoms with Gasteiger partial charge in [-0.1, -0.05) is 13.3 Å². The van der Waals surface area contributed by atoms with Crippen LogP contribution in [0.2, 0.25) is 0 Å². The van der Waals surface area contributed by atoms with Crippen LogP contribution in [0.25, 0.3) is 0 Å². The van der Waals surface area contributed by atoms with E-state index < -0.39 is 9.84 Å². The molecule has 0 aromatic rings. The fourth-order valence-electron chi connectivity index (χ4n) is 1.94. The van der Waals surface area contributed by atoms with Gasteiger partial charge in [-0.15, -0.1) is 0 Å². The first-order valence-electron chi connectivity index (χ1n) is 6.06. The van der Waals surface area contributed by atoms with E-state index in [0.717, 1.165) is 12.8 Å². The Bertz CT molecular complexity index is 352. The number of carbonyl (C=O) groups excluding carboxylic acids is 1. The van der Waals surface area contributed by atoms with Crippen LogP contribution in [0.5, 0.6) is 0 Å². The van der Waals surface area contributed by atoms with Crippen LogP contribution in [0.1, 0.15) is 33.1 Å². The van der Waals surface area contributed by atoms with Gasteiger partial charge in [-0.05, 0) is 13.3 Å². The first-order chi connectivity index (χ1) is 7.93. The Morgan fingerprint density at radius 3 is 2.82 bits per heavy atom. The van der Waals surface area contributed by atoms with Gasteiger partial charge >= 0.3 is 5.97 Å². The molecule has 1 saturated heterocycles. The van der Waals surface area contributed by atoms with E-state index in [0.29, 0.717) is 6.54 Å². The van der Waals surface area contributed by atoms with Crippen LogP contribution < -0.4 is 5.32 Å². The predicted octanol–water partition coefficient (Wildman–Crippen LogP) is 0.495. The fraction of sp³-hybridized carbons (Fsp3) is 0.909. The largest absolute Gasteiger partial charge is 0.463 e. The summed E-state index contributed by atoms with van der Waals surface area (Å²) in [6.07, 6.45) is 1.84. The van der Waals surface area contributed by atoms with E-state index in [1.165, 1.54) is 0 Å². The van der Waals surface area contributed by atoms with Crippen LogP contribution in [-0.4, -0.2) is 44.6 Å². The Hall–Kier alpha value is -0.620. The molecule has 1 heterocycles. The molecule has 0 aromatic heterocycles. The SMILES string of the molecule is CCCC(C)OC(=O)CC1CS(=O)(=O)CCN1. The molecule has 0 amide bonds. The molecular weight excluding hydrogens is 242 g/mol. The molecule has 1 N–H and O–H groups in total. The van der Waals surface area contributed by atoms with Crippen LogP contribution in [0, 0.1) is 0 Å². The third-order valence-electron chi connectivity index (χ3n) is 2.74. The number of ether oxygens (including phenoxy) is 1. The maximum absolute atomic E-state index is 11.6. The Kier molecular flexibility index (Phi) is 5.39. The molecule has 0 saturated carbocycles. The van der Waals surface area contributed by atoms with Crippen molar-refractivity contribution in [3.05, 3.63) is 0 Å². The zero-order chi connectivity index (χ0) is 12.9. The lowest BCUT2D eigenvalue weighted by atomic mass is 10.2. The summed E-state index contributed by atoms with van der Waals surface area (Å²) in [5, 5.41) is 3.03. The van der Waals surface area contributed by atoms with Crippen molar-refractivity contribution >= 4 is 15.8 Å². The van der Waals surface area contributed by atoms with Gasteiger partial charge in [0, 0.05) is 12.6 Å². The Balaban J connectivity index is 2.36. The monoisotopic (exact) mass is 263 g/mol. The van der Waals surface area contributed by atoms with Gasteiger partial charge in [-0.2, -0.15) is 0 Å². The minimum absolute atomic E-state index is 0.0320. The number of esters is 1. The highest BCUT2D eigenvalue weighted by Gasteiger charge is 2.26. The van der Waals surface area contributed by atoms with Gasteiger partial charge in [-0.3, -0.25) is 4.79 Å². The summed E-state index contributed by atoms with van der Waals surface area (Å²) in [6.45, 7) is 4.30. The van der Waals surface area contributed by atoms with Gasteiger partial charge in [0.2, 0.25) is 0 Å². The Morgan fingerprint density at radius 2 is 2.24 bits per heavy atom. The molecule has 100 valence electrons. The van der Waals surface area contributed by atoms with Gasteiger partial charge in [0.15, 0.2) is 9.84 Å². The third kappa shape index (κ3) is 5.50. The van der Waals surface area contributed by atoms with Crippen molar-refractivity contribution in [3.8, 4) is 0 Å². The highest BCUT2D eigenvalue weighted by Crippen LogP contribution is 2.08. The zero-order valence-corrected chi connectivity index (χ0v) is 11.3. The minimum atomic E-state index is -2.99. The average molecular weight is 263 g/mol. The smallest absolute Gasteiger partial charge is 0.307 e. The molecule has 0 radical (unpaired) electrons. The fourth-order valence-corrected chi connectivity index (χ4v) is 3.38. The normalized spacial score (nSPS) is 25.2. The van der Waals surface area contributed by atoms with Gasteiger partial charge < -0.3 is 10.1 Å². The number of rotatable bonds is 5. The second kappa shape index (κ2) is 6.35. The molecule has 1 aliphatic heterocycles. The summed E-state index contributed by atoms with van der Waals surface area (Å²) in [6, 6.07) is -0.296. The van der Waals surface area contributed by atoms with E-state index >= 15 is 0 Å². The van der Waals surface area contributed by atoms with Crippen molar-refractivity contribution in [2.75, 3.05) is 18.1 Å². The van der Waals surface area contributed by atoms with E-state index in [4.69, 9.17) is 4.74 Å².